The second-order valence-electron chi connectivity index (χ2n) is 3.89. The number of ether oxygens (including phenoxy) is 1. The number of hydrogen-bond donors (Lipinski definition) is 0. The van der Waals surface area contributed by atoms with Crippen LogP contribution in [0.1, 0.15) is 19.8 Å². The van der Waals surface area contributed by atoms with Gasteiger partial charge < -0.3 is 4.74 Å². The fourth-order valence-electron chi connectivity index (χ4n) is 2.23. The van der Waals surface area contributed by atoms with E-state index in [1.165, 1.54) is 12.8 Å². The molecule has 2 atom stereocenters. The summed E-state index contributed by atoms with van der Waals surface area (Å²) in [5, 5.41) is 9.03. The van der Waals surface area contributed by atoms with Gasteiger partial charge in [-0.15, -0.1) is 0 Å². The molecular weight excluding hydrogens is 152 g/mol. The van der Waals surface area contributed by atoms with Crippen molar-refractivity contribution in [1.29, 1.82) is 5.26 Å². The van der Waals surface area contributed by atoms with Crippen LogP contribution in [-0.2, 0) is 4.74 Å². The van der Waals surface area contributed by atoms with Crippen LogP contribution >= 0.6 is 0 Å². The molecule has 0 aromatic heterocycles. The maximum Gasteiger partial charge on any atom is 0.130 e. The van der Waals surface area contributed by atoms with E-state index in [-0.39, 0.29) is 5.54 Å². The molecule has 0 radical (unpaired) electrons. The summed E-state index contributed by atoms with van der Waals surface area (Å²) in [5.74, 6) is 0. The van der Waals surface area contributed by atoms with Gasteiger partial charge in [0.2, 0.25) is 0 Å². The highest BCUT2D eigenvalue weighted by Crippen LogP contribution is 2.30. The minimum atomic E-state index is -0.362. The molecule has 2 fully saturated rings. The third-order valence-electron chi connectivity index (χ3n) is 2.95. The van der Waals surface area contributed by atoms with Gasteiger partial charge in [0.05, 0.1) is 19.3 Å². The Morgan fingerprint density at radius 3 is 3.25 bits per heavy atom. The molecule has 0 spiro atoms. The van der Waals surface area contributed by atoms with Crippen molar-refractivity contribution >= 4 is 0 Å². The summed E-state index contributed by atoms with van der Waals surface area (Å²) in [4.78, 5) is 2.30. The molecule has 66 valence electrons. The summed E-state index contributed by atoms with van der Waals surface area (Å²) in [7, 11) is 0. The number of morpholine rings is 1. The number of nitriles is 1. The predicted molar refractivity (Wildman–Crippen MR) is 44.6 cm³/mol. The van der Waals surface area contributed by atoms with Crippen molar-refractivity contribution in [2.45, 2.75) is 31.3 Å². The highest BCUT2D eigenvalue weighted by Gasteiger charge is 2.43. The first-order valence-electron chi connectivity index (χ1n) is 4.52. The van der Waals surface area contributed by atoms with E-state index >= 15 is 0 Å². The van der Waals surface area contributed by atoms with Gasteiger partial charge >= 0.3 is 0 Å². The van der Waals surface area contributed by atoms with Crippen LogP contribution in [0.3, 0.4) is 0 Å². The minimum absolute atomic E-state index is 0.362. The zero-order valence-corrected chi connectivity index (χ0v) is 7.42. The first kappa shape index (κ1) is 8.03. The molecule has 0 aliphatic carbocycles. The molecule has 3 heteroatoms. The van der Waals surface area contributed by atoms with Gasteiger partial charge in [0, 0.05) is 12.6 Å². The number of rotatable bonds is 0. The average molecular weight is 166 g/mol. The van der Waals surface area contributed by atoms with Crippen LogP contribution in [0.2, 0.25) is 0 Å². The van der Waals surface area contributed by atoms with Gasteiger partial charge in [-0.3, -0.25) is 4.90 Å². The standard InChI is InChI=1S/C9H14N2O/c1-9(6-10)7-12-5-8-3-2-4-11(8)9/h8H,2-5,7H2,1H3/t8-,9?/m0/s1. The van der Waals surface area contributed by atoms with Crippen molar-refractivity contribution in [3.63, 3.8) is 0 Å². The van der Waals surface area contributed by atoms with E-state index in [9.17, 15) is 0 Å². The molecule has 2 aliphatic rings. The van der Waals surface area contributed by atoms with E-state index in [0.717, 1.165) is 13.2 Å². The summed E-state index contributed by atoms with van der Waals surface area (Å²) in [6, 6.07) is 2.86. The van der Waals surface area contributed by atoms with Gasteiger partial charge in [-0.25, -0.2) is 0 Å². The van der Waals surface area contributed by atoms with E-state index in [2.05, 4.69) is 11.0 Å². The van der Waals surface area contributed by atoms with E-state index in [4.69, 9.17) is 10.00 Å². The lowest BCUT2D eigenvalue weighted by atomic mass is 10.0. The van der Waals surface area contributed by atoms with Crippen molar-refractivity contribution in [2.24, 2.45) is 0 Å². The van der Waals surface area contributed by atoms with Crippen LogP contribution < -0.4 is 0 Å². The minimum Gasteiger partial charge on any atom is -0.377 e. The first-order valence-corrected chi connectivity index (χ1v) is 4.52. The quantitative estimate of drug-likeness (QED) is 0.533. The summed E-state index contributed by atoms with van der Waals surface area (Å²) >= 11 is 0. The van der Waals surface area contributed by atoms with Gasteiger partial charge in [0.25, 0.3) is 0 Å². The molecule has 2 saturated heterocycles. The normalized spacial score (nSPS) is 42.2. The van der Waals surface area contributed by atoms with Crippen LogP contribution in [0.15, 0.2) is 0 Å². The molecule has 12 heavy (non-hydrogen) atoms. The first-order chi connectivity index (χ1) is 5.76. The van der Waals surface area contributed by atoms with Crippen LogP contribution in [0, 0.1) is 11.3 Å². The zero-order chi connectivity index (χ0) is 8.60. The maximum atomic E-state index is 9.03. The third-order valence-corrected chi connectivity index (χ3v) is 2.95. The zero-order valence-electron chi connectivity index (χ0n) is 7.42. The molecule has 0 saturated carbocycles. The SMILES string of the molecule is CC1(C#N)COC[C@@H]2CCCN21. The van der Waals surface area contributed by atoms with Gasteiger partial charge in [-0.1, -0.05) is 0 Å². The van der Waals surface area contributed by atoms with E-state index in [1.807, 2.05) is 6.92 Å². The van der Waals surface area contributed by atoms with Gasteiger partial charge in [0.1, 0.15) is 5.54 Å². The Hall–Kier alpha value is -0.590. The van der Waals surface area contributed by atoms with Crippen molar-refractivity contribution < 1.29 is 4.74 Å². The summed E-state index contributed by atoms with van der Waals surface area (Å²) in [6.07, 6.45) is 2.41. The van der Waals surface area contributed by atoms with Gasteiger partial charge in [-0.05, 0) is 19.8 Å². The van der Waals surface area contributed by atoms with E-state index in [0.29, 0.717) is 12.6 Å². The monoisotopic (exact) mass is 166 g/mol. The fraction of sp³-hybridized carbons (Fsp3) is 0.889. The highest BCUT2D eigenvalue weighted by atomic mass is 16.5. The summed E-state index contributed by atoms with van der Waals surface area (Å²) in [6.45, 7) is 4.43. The summed E-state index contributed by atoms with van der Waals surface area (Å²) in [5.41, 5.74) is -0.362. The van der Waals surface area contributed by atoms with E-state index < -0.39 is 0 Å². The Morgan fingerprint density at radius 1 is 1.67 bits per heavy atom. The van der Waals surface area contributed by atoms with Crippen LogP contribution in [0.25, 0.3) is 0 Å². The maximum absolute atomic E-state index is 9.03. The molecule has 2 rings (SSSR count). The van der Waals surface area contributed by atoms with Gasteiger partial charge in [-0.2, -0.15) is 5.26 Å². The van der Waals surface area contributed by atoms with Crippen LogP contribution in [0.5, 0.6) is 0 Å². The molecule has 0 N–H and O–H groups in total. The average Bonchev–Trinajstić information content (AvgIpc) is 2.54. The Labute approximate surface area is 72.9 Å². The second kappa shape index (κ2) is 2.72. The van der Waals surface area contributed by atoms with Crippen LogP contribution in [0.4, 0.5) is 0 Å². The molecule has 2 heterocycles. The molecular formula is C9H14N2O. The number of hydrogen-bond acceptors (Lipinski definition) is 3. The largest absolute Gasteiger partial charge is 0.377 e. The lowest BCUT2D eigenvalue weighted by Crippen LogP contribution is -2.56. The Morgan fingerprint density at radius 2 is 2.50 bits per heavy atom. The lowest BCUT2D eigenvalue weighted by molar-refractivity contribution is -0.0539. The van der Waals surface area contributed by atoms with Crippen molar-refractivity contribution in [3.8, 4) is 6.07 Å². The van der Waals surface area contributed by atoms with Crippen LogP contribution in [-0.4, -0.2) is 36.2 Å². The number of fused-ring (bicyclic) bond motifs is 1. The van der Waals surface area contributed by atoms with Gasteiger partial charge in [0.15, 0.2) is 0 Å². The smallest absolute Gasteiger partial charge is 0.130 e. The molecule has 1 unspecified atom stereocenters. The summed E-state index contributed by atoms with van der Waals surface area (Å²) < 4.78 is 5.43. The Bertz CT molecular complexity index is 223. The second-order valence-corrected chi connectivity index (χ2v) is 3.89. The fourth-order valence-corrected chi connectivity index (χ4v) is 2.23. The molecule has 3 nitrogen and oxygen atoms in total. The molecule has 0 aromatic carbocycles. The predicted octanol–water partition coefficient (Wildman–Crippen LogP) is 0.763. The highest BCUT2D eigenvalue weighted by molar-refractivity contribution is 5.10. The Kier molecular flexibility index (Phi) is 1.82. The molecule has 0 amide bonds. The molecule has 0 aromatic rings. The van der Waals surface area contributed by atoms with Crippen molar-refractivity contribution in [1.82, 2.24) is 4.90 Å². The van der Waals surface area contributed by atoms with E-state index in [1.54, 1.807) is 0 Å². The molecule has 2 aliphatic heterocycles. The Balaban J connectivity index is 2.20. The lowest BCUT2D eigenvalue weighted by Gasteiger charge is -2.41. The third kappa shape index (κ3) is 1.03. The number of nitrogens with zero attached hydrogens (tertiary/aromatic N) is 2. The topological polar surface area (TPSA) is 36.3 Å². The molecule has 0 bridgehead atoms. The van der Waals surface area contributed by atoms with Crippen molar-refractivity contribution in [2.75, 3.05) is 19.8 Å². The van der Waals surface area contributed by atoms with Crippen molar-refractivity contribution in [3.05, 3.63) is 0 Å².